The van der Waals surface area contributed by atoms with Crippen LogP contribution in [-0.4, -0.2) is 110 Å². The van der Waals surface area contributed by atoms with Crippen molar-refractivity contribution in [3.63, 3.8) is 0 Å². The Morgan fingerprint density at radius 3 is 1.44 bits per heavy atom. The number of cyclic esters (lactones) is 2. The molecular weight excluding hydrogens is 436 g/mol. The molecule has 0 saturated carbocycles. The van der Waals surface area contributed by atoms with Crippen LogP contribution in [0, 0.1) is 0 Å². The molecule has 172 valence electrons. The summed E-state index contributed by atoms with van der Waals surface area (Å²) in [6, 6.07) is 0. The smallest absolute Gasteiger partial charge is 0.331 e. The van der Waals surface area contributed by atoms with Crippen LogP contribution >= 0.6 is 0 Å². The maximum atomic E-state index is 11.9. The zero-order valence-corrected chi connectivity index (χ0v) is 16.6. The highest BCUT2D eigenvalue weighted by Crippen LogP contribution is 2.01. The molecule has 32 heavy (non-hydrogen) atoms. The van der Waals surface area contributed by atoms with Crippen LogP contribution in [0.5, 0.6) is 0 Å². The van der Waals surface area contributed by atoms with Crippen LogP contribution in [0.15, 0.2) is 12.2 Å². The summed E-state index contributed by atoms with van der Waals surface area (Å²) >= 11 is 0. The number of carbonyl (C=O) groups excluding carboxylic acids is 8. The summed E-state index contributed by atoms with van der Waals surface area (Å²) in [7, 11) is 0. The van der Waals surface area contributed by atoms with Gasteiger partial charge in [-0.3, -0.25) is 28.8 Å². The lowest BCUT2D eigenvalue weighted by atomic mass is 10.3. The average Bonchev–Trinajstić information content (AvgIpc) is 2.78. The van der Waals surface area contributed by atoms with Crippen LogP contribution in [0.25, 0.3) is 0 Å². The predicted octanol–water partition coefficient (Wildman–Crippen LogP) is -3.46. The molecule has 0 N–H and O–H groups in total. The molecule has 2 fully saturated rings. The highest BCUT2D eigenvalue weighted by Gasteiger charge is 2.29. The van der Waals surface area contributed by atoms with Gasteiger partial charge >= 0.3 is 23.9 Å². The Morgan fingerprint density at radius 2 is 1.09 bits per heavy atom. The van der Waals surface area contributed by atoms with Crippen molar-refractivity contribution in [2.75, 3.05) is 52.6 Å². The van der Waals surface area contributed by atoms with Crippen molar-refractivity contribution in [3.8, 4) is 0 Å². The van der Waals surface area contributed by atoms with Gasteiger partial charge in [0.2, 0.25) is 0 Å². The Balaban J connectivity index is 1.69. The Kier molecular flexibility index (Phi) is 8.56. The molecular formula is C18H18N2O12. The number of rotatable bonds is 8. The lowest BCUT2D eigenvalue weighted by Crippen LogP contribution is -2.47. The number of morpholine rings is 2. The van der Waals surface area contributed by atoms with Gasteiger partial charge in [-0.2, -0.15) is 0 Å². The van der Waals surface area contributed by atoms with Gasteiger partial charge < -0.3 is 28.7 Å². The number of esters is 4. The zero-order valence-electron chi connectivity index (χ0n) is 16.6. The fourth-order valence-corrected chi connectivity index (χ4v) is 2.43. The van der Waals surface area contributed by atoms with Gasteiger partial charge in [-0.05, 0) is 0 Å². The number of ketones is 2. The zero-order chi connectivity index (χ0) is 23.7. The van der Waals surface area contributed by atoms with Crippen molar-refractivity contribution in [1.29, 1.82) is 0 Å². The van der Waals surface area contributed by atoms with Gasteiger partial charge in [0.15, 0.2) is 13.2 Å². The molecule has 0 aromatic carbocycles. The van der Waals surface area contributed by atoms with E-state index in [-0.39, 0.29) is 26.3 Å². The molecule has 0 atom stereocenters. The Morgan fingerprint density at radius 1 is 0.719 bits per heavy atom. The SMILES string of the molecule is O=C(/C=C/C(=O)OCC(=O)C(=O)N1CCOC(=O)C1)OCC(=O)C(=O)N1CCOC(=O)C1. The summed E-state index contributed by atoms with van der Waals surface area (Å²) < 4.78 is 18.3. The van der Waals surface area contributed by atoms with E-state index in [1.807, 2.05) is 0 Å². The van der Waals surface area contributed by atoms with Crippen LogP contribution in [-0.2, 0) is 57.3 Å². The molecule has 14 nitrogen and oxygen atoms in total. The summed E-state index contributed by atoms with van der Waals surface area (Å²) in [4.78, 5) is 94.4. The molecule has 0 aliphatic carbocycles. The van der Waals surface area contributed by atoms with E-state index in [0.29, 0.717) is 12.2 Å². The predicted molar refractivity (Wildman–Crippen MR) is 96.2 cm³/mol. The number of Topliss-reactive ketones (excluding diaryl/α,β-unsaturated/α-hetero) is 2. The molecule has 2 aliphatic heterocycles. The second-order valence-corrected chi connectivity index (χ2v) is 6.29. The third-order valence-electron chi connectivity index (χ3n) is 3.99. The van der Waals surface area contributed by atoms with E-state index in [2.05, 4.69) is 18.9 Å². The minimum absolute atomic E-state index is 0.0269. The monoisotopic (exact) mass is 454 g/mol. The van der Waals surface area contributed by atoms with Gasteiger partial charge in [-0.1, -0.05) is 0 Å². The Hall–Kier alpha value is -4.10. The number of hydrogen-bond acceptors (Lipinski definition) is 12. The molecule has 2 amide bonds. The van der Waals surface area contributed by atoms with Gasteiger partial charge in [0.05, 0.1) is 13.1 Å². The van der Waals surface area contributed by atoms with E-state index in [1.54, 1.807) is 0 Å². The molecule has 0 aromatic rings. The standard InChI is InChI=1S/C18H18N2O12/c21-11(17(27)19-3-5-29-15(25)7-19)9-31-13(23)1-2-14(24)32-10-12(22)18(28)20-4-6-30-16(26)8-20/h1-2H,3-10H2/b2-1+. The van der Waals surface area contributed by atoms with Gasteiger partial charge in [-0.15, -0.1) is 0 Å². The van der Waals surface area contributed by atoms with E-state index in [0.717, 1.165) is 9.80 Å². The third-order valence-corrected chi connectivity index (χ3v) is 3.99. The first-order valence-corrected chi connectivity index (χ1v) is 9.14. The molecule has 0 unspecified atom stereocenters. The molecule has 14 heteroatoms. The van der Waals surface area contributed by atoms with Crippen molar-refractivity contribution in [2.45, 2.75) is 0 Å². The molecule has 2 aliphatic rings. The first kappa shape index (κ1) is 24.2. The minimum atomic E-state index is -1.16. The second-order valence-electron chi connectivity index (χ2n) is 6.29. The summed E-state index contributed by atoms with van der Waals surface area (Å²) in [5.74, 6) is -7.88. The highest BCUT2D eigenvalue weighted by atomic mass is 16.6. The molecule has 2 saturated heterocycles. The van der Waals surface area contributed by atoms with Crippen molar-refractivity contribution >= 4 is 47.3 Å². The number of ether oxygens (including phenoxy) is 4. The van der Waals surface area contributed by atoms with E-state index in [9.17, 15) is 38.4 Å². The topological polar surface area (TPSA) is 180 Å². The fraction of sp³-hybridized carbons (Fsp3) is 0.444. The summed E-state index contributed by atoms with van der Waals surface area (Å²) in [5, 5.41) is 0. The fourth-order valence-electron chi connectivity index (χ4n) is 2.43. The van der Waals surface area contributed by atoms with Gasteiger partial charge in [0, 0.05) is 12.2 Å². The lowest BCUT2D eigenvalue weighted by Gasteiger charge is -2.24. The second kappa shape index (κ2) is 11.3. The summed E-state index contributed by atoms with van der Waals surface area (Å²) in [6.07, 6.45) is 1.18. The number of amides is 2. The molecule has 2 rings (SSSR count). The molecule has 0 spiro atoms. The first-order valence-electron chi connectivity index (χ1n) is 9.14. The summed E-state index contributed by atoms with van der Waals surface area (Å²) in [5.41, 5.74) is 0. The maximum absolute atomic E-state index is 11.9. The van der Waals surface area contributed by atoms with Crippen molar-refractivity contribution < 1.29 is 57.3 Å². The van der Waals surface area contributed by atoms with E-state index in [4.69, 9.17) is 0 Å². The quantitative estimate of drug-likeness (QED) is 0.153. The van der Waals surface area contributed by atoms with Crippen LogP contribution in [0.2, 0.25) is 0 Å². The van der Waals surface area contributed by atoms with Crippen LogP contribution in [0.1, 0.15) is 0 Å². The van der Waals surface area contributed by atoms with Crippen LogP contribution in [0.3, 0.4) is 0 Å². The van der Waals surface area contributed by atoms with E-state index >= 15 is 0 Å². The number of hydrogen-bond donors (Lipinski definition) is 0. The normalized spacial score (nSPS) is 16.1. The summed E-state index contributed by atoms with van der Waals surface area (Å²) in [6.45, 7) is -2.69. The Labute approximate surface area is 180 Å². The van der Waals surface area contributed by atoms with Gasteiger partial charge in [0.1, 0.15) is 26.3 Å². The van der Waals surface area contributed by atoms with E-state index in [1.165, 1.54) is 0 Å². The van der Waals surface area contributed by atoms with E-state index < -0.39 is 73.6 Å². The van der Waals surface area contributed by atoms with Crippen molar-refractivity contribution in [1.82, 2.24) is 9.80 Å². The number of carbonyl (C=O) groups is 8. The molecule has 2 heterocycles. The number of nitrogens with zero attached hydrogens (tertiary/aromatic N) is 2. The average molecular weight is 454 g/mol. The molecule has 0 aromatic heterocycles. The molecule has 0 radical (unpaired) electrons. The largest absolute Gasteiger partial charge is 0.462 e. The van der Waals surface area contributed by atoms with Crippen molar-refractivity contribution in [2.24, 2.45) is 0 Å². The van der Waals surface area contributed by atoms with Gasteiger partial charge in [0.25, 0.3) is 23.4 Å². The van der Waals surface area contributed by atoms with Crippen LogP contribution < -0.4 is 0 Å². The Bertz CT molecular complexity index is 807. The third kappa shape index (κ3) is 7.30. The minimum Gasteiger partial charge on any atom is -0.462 e. The highest BCUT2D eigenvalue weighted by molar-refractivity contribution is 6.37. The van der Waals surface area contributed by atoms with Crippen molar-refractivity contribution in [3.05, 3.63) is 12.2 Å². The molecule has 0 bridgehead atoms. The van der Waals surface area contributed by atoms with Gasteiger partial charge in [-0.25, -0.2) is 9.59 Å². The van der Waals surface area contributed by atoms with Crippen LogP contribution in [0.4, 0.5) is 0 Å². The maximum Gasteiger partial charge on any atom is 0.331 e. The first-order chi connectivity index (χ1) is 15.2. The lowest BCUT2D eigenvalue weighted by molar-refractivity contribution is -0.160.